The zero-order valence-electron chi connectivity index (χ0n) is 13.4. The minimum absolute atomic E-state index is 0.0964. The second-order valence-electron chi connectivity index (χ2n) is 5.73. The first-order valence-electron chi connectivity index (χ1n) is 7.39. The van der Waals surface area contributed by atoms with E-state index < -0.39 is 0 Å². The number of ether oxygens (including phenoxy) is 1. The van der Waals surface area contributed by atoms with Gasteiger partial charge in [-0.15, -0.1) is 0 Å². The van der Waals surface area contributed by atoms with Crippen LogP contribution in [0.1, 0.15) is 50.0 Å². The highest BCUT2D eigenvalue weighted by Gasteiger charge is 2.10. The molecule has 0 aliphatic carbocycles. The maximum atomic E-state index is 11.5. The predicted octanol–water partition coefficient (Wildman–Crippen LogP) is 3.77. The molecular weight excluding hydrogens is 250 g/mol. The van der Waals surface area contributed by atoms with E-state index in [0.29, 0.717) is 12.5 Å². The molecule has 0 fully saturated rings. The van der Waals surface area contributed by atoms with Crippen molar-refractivity contribution >= 4 is 5.78 Å². The van der Waals surface area contributed by atoms with E-state index in [1.165, 1.54) is 6.42 Å². The fourth-order valence-corrected chi connectivity index (χ4v) is 2.07. The number of ketones is 1. The second-order valence-corrected chi connectivity index (χ2v) is 5.73. The molecule has 0 spiro atoms. The van der Waals surface area contributed by atoms with Crippen molar-refractivity contribution in [2.45, 2.75) is 40.7 Å². The van der Waals surface area contributed by atoms with Crippen LogP contribution >= 0.6 is 0 Å². The van der Waals surface area contributed by atoms with Crippen LogP contribution in [0.4, 0.5) is 0 Å². The van der Waals surface area contributed by atoms with E-state index in [4.69, 9.17) is 4.74 Å². The van der Waals surface area contributed by atoms with Crippen molar-refractivity contribution in [3.8, 4) is 5.75 Å². The average molecular weight is 277 g/mol. The largest absolute Gasteiger partial charge is 0.494 e. The molecule has 0 radical (unpaired) electrons. The third-order valence-corrected chi connectivity index (χ3v) is 3.30. The molecule has 20 heavy (non-hydrogen) atoms. The van der Waals surface area contributed by atoms with Crippen molar-refractivity contribution in [3.05, 3.63) is 29.3 Å². The Kier molecular flexibility index (Phi) is 6.73. The molecule has 0 saturated carbocycles. The molecule has 0 heterocycles. The van der Waals surface area contributed by atoms with Crippen LogP contribution in [-0.2, 0) is 6.54 Å². The van der Waals surface area contributed by atoms with E-state index in [-0.39, 0.29) is 5.78 Å². The van der Waals surface area contributed by atoms with Crippen molar-refractivity contribution in [1.29, 1.82) is 0 Å². The Morgan fingerprint density at radius 3 is 2.60 bits per heavy atom. The van der Waals surface area contributed by atoms with Crippen LogP contribution in [0.25, 0.3) is 0 Å². The minimum atomic E-state index is 0.0964. The van der Waals surface area contributed by atoms with Gasteiger partial charge in [0.2, 0.25) is 0 Å². The highest BCUT2D eigenvalue weighted by atomic mass is 16.5. The molecule has 112 valence electrons. The van der Waals surface area contributed by atoms with Crippen LogP contribution in [0.5, 0.6) is 5.75 Å². The van der Waals surface area contributed by atoms with Crippen molar-refractivity contribution in [2.24, 2.45) is 5.92 Å². The summed E-state index contributed by atoms with van der Waals surface area (Å²) in [5, 5.41) is 0. The minimum Gasteiger partial charge on any atom is -0.494 e. The van der Waals surface area contributed by atoms with Gasteiger partial charge in [-0.2, -0.15) is 0 Å². The fraction of sp³-hybridized carbons (Fsp3) is 0.588. The number of carbonyl (C=O) groups excluding carboxylic acids is 1. The van der Waals surface area contributed by atoms with Gasteiger partial charge in [0, 0.05) is 17.7 Å². The molecular formula is C17H27NO2. The van der Waals surface area contributed by atoms with E-state index in [1.807, 2.05) is 25.1 Å². The van der Waals surface area contributed by atoms with Crippen LogP contribution in [0.3, 0.4) is 0 Å². The van der Waals surface area contributed by atoms with Crippen LogP contribution in [0.2, 0.25) is 0 Å². The summed E-state index contributed by atoms with van der Waals surface area (Å²) < 4.78 is 5.66. The summed E-state index contributed by atoms with van der Waals surface area (Å²) in [6.07, 6.45) is 1.17. The van der Waals surface area contributed by atoms with Gasteiger partial charge in [0.25, 0.3) is 0 Å². The molecule has 0 N–H and O–H groups in total. The molecule has 3 nitrogen and oxygen atoms in total. The lowest BCUT2D eigenvalue weighted by Crippen LogP contribution is -2.21. The molecule has 0 aliphatic heterocycles. The molecule has 1 rings (SSSR count). The summed E-state index contributed by atoms with van der Waals surface area (Å²) in [5.41, 5.74) is 1.84. The Bertz CT molecular complexity index is 441. The summed E-state index contributed by atoms with van der Waals surface area (Å²) in [6.45, 7) is 10.5. The third-order valence-electron chi connectivity index (χ3n) is 3.30. The molecule has 0 aromatic heterocycles. The lowest BCUT2D eigenvalue weighted by Gasteiger charge is -2.20. The lowest BCUT2D eigenvalue weighted by molar-refractivity contribution is 0.101. The Morgan fingerprint density at radius 1 is 1.35 bits per heavy atom. The summed E-state index contributed by atoms with van der Waals surface area (Å²) in [4.78, 5) is 13.8. The molecule has 1 aromatic rings. The highest BCUT2D eigenvalue weighted by Crippen LogP contribution is 2.22. The smallest absolute Gasteiger partial charge is 0.159 e. The topological polar surface area (TPSA) is 29.5 Å². The number of hydrogen-bond acceptors (Lipinski definition) is 3. The van der Waals surface area contributed by atoms with Gasteiger partial charge >= 0.3 is 0 Å². The maximum Gasteiger partial charge on any atom is 0.159 e. The van der Waals surface area contributed by atoms with Crippen molar-refractivity contribution < 1.29 is 9.53 Å². The fourth-order valence-electron chi connectivity index (χ4n) is 2.07. The number of hydrogen-bond donors (Lipinski definition) is 0. The third kappa shape index (κ3) is 5.33. The Labute approximate surface area is 122 Å². The lowest BCUT2D eigenvalue weighted by atomic mass is 10.1. The predicted molar refractivity (Wildman–Crippen MR) is 83.4 cm³/mol. The van der Waals surface area contributed by atoms with E-state index >= 15 is 0 Å². The van der Waals surface area contributed by atoms with Gasteiger partial charge < -0.3 is 9.64 Å². The Morgan fingerprint density at radius 2 is 2.05 bits per heavy atom. The van der Waals surface area contributed by atoms with Gasteiger partial charge in [-0.25, -0.2) is 0 Å². The number of benzene rings is 1. The summed E-state index contributed by atoms with van der Waals surface area (Å²) >= 11 is 0. The zero-order chi connectivity index (χ0) is 15.1. The summed E-state index contributed by atoms with van der Waals surface area (Å²) in [6, 6.07) is 5.70. The summed E-state index contributed by atoms with van der Waals surface area (Å²) in [7, 11) is 2.11. The van der Waals surface area contributed by atoms with Crippen LogP contribution in [-0.4, -0.2) is 30.9 Å². The molecule has 0 aliphatic rings. The molecule has 0 saturated heterocycles. The molecule has 3 heteroatoms. The monoisotopic (exact) mass is 277 g/mol. The van der Waals surface area contributed by atoms with E-state index in [1.54, 1.807) is 6.92 Å². The number of rotatable bonds is 8. The normalized spacial score (nSPS) is 11.2. The van der Waals surface area contributed by atoms with E-state index in [0.717, 1.165) is 30.0 Å². The molecule has 0 unspecified atom stereocenters. The zero-order valence-corrected chi connectivity index (χ0v) is 13.4. The first-order valence-corrected chi connectivity index (χ1v) is 7.39. The Balaban J connectivity index is 2.83. The van der Waals surface area contributed by atoms with Crippen molar-refractivity contribution in [1.82, 2.24) is 4.90 Å². The van der Waals surface area contributed by atoms with Gasteiger partial charge in [-0.1, -0.05) is 13.8 Å². The van der Waals surface area contributed by atoms with Crippen LogP contribution < -0.4 is 4.74 Å². The molecule has 0 bridgehead atoms. The van der Waals surface area contributed by atoms with E-state index in [2.05, 4.69) is 25.8 Å². The first kappa shape index (κ1) is 16.7. The van der Waals surface area contributed by atoms with Crippen molar-refractivity contribution in [2.75, 3.05) is 20.2 Å². The Hall–Kier alpha value is -1.35. The average Bonchev–Trinajstić information content (AvgIpc) is 2.38. The number of nitrogens with zero attached hydrogens (tertiary/aromatic N) is 1. The van der Waals surface area contributed by atoms with Gasteiger partial charge in [0.05, 0.1) is 6.61 Å². The standard InChI is InChI=1S/C17H27NO2/c1-6-20-17-8-7-15(14(4)19)11-16(17)12-18(5)10-9-13(2)3/h7-8,11,13H,6,9-10,12H2,1-5H3. The number of Topliss-reactive ketones (excluding diaryl/α,β-unsaturated/α-hetero) is 1. The first-order chi connectivity index (χ1) is 9.43. The molecule has 0 atom stereocenters. The number of carbonyl (C=O) groups is 1. The van der Waals surface area contributed by atoms with Gasteiger partial charge in [-0.05, 0) is 58.0 Å². The van der Waals surface area contributed by atoms with Crippen LogP contribution in [0.15, 0.2) is 18.2 Å². The van der Waals surface area contributed by atoms with Gasteiger partial charge in [-0.3, -0.25) is 4.79 Å². The highest BCUT2D eigenvalue weighted by molar-refractivity contribution is 5.94. The van der Waals surface area contributed by atoms with E-state index in [9.17, 15) is 4.79 Å². The molecule has 1 aromatic carbocycles. The SMILES string of the molecule is CCOc1ccc(C(C)=O)cc1CN(C)CCC(C)C. The van der Waals surface area contributed by atoms with Crippen LogP contribution in [0, 0.1) is 5.92 Å². The van der Waals surface area contributed by atoms with Gasteiger partial charge in [0.15, 0.2) is 5.78 Å². The quantitative estimate of drug-likeness (QED) is 0.677. The second kappa shape index (κ2) is 8.05. The van der Waals surface area contributed by atoms with Gasteiger partial charge in [0.1, 0.15) is 5.75 Å². The molecule has 0 amide bonds. The summed E-state index contributed by atoms with van der Waals surface area (Å²) in [5.74, 6) is 1.68. The van der Waals surface area contributed by atoms with Crippen molar-refractivity contribution in [3.63, 3.8) is 0 Å². The maximum absolute atomic E-state index is 11.5.